The van der Waals surface area contributed by atoms with E-state index >= 15 is 0 Å². The number of hydrogen-bond donors (Lipinski definition) is 0. The van der Waals surface area contributed by atoms with Gasteiger partial charge in [-0.25, -0.2) is 0 Å². The van der Waals surface area contributed by atoms with Crippen LogP contribution >= 0.6 is 22.6 Å². The number of benzene rings is 1. The summed E-state index contributed by atoms with van der Waals surface area (Å²) in [5.74, 6) is 1.60. The minimum absolute atomic E-state index is 0.500. The summed E-state index contributed by atoms with van der Waals surface area (Å²) in [7, 11) is 0.500. The highest BCUT2D eigenvalue weighted by Gasteiger charge is 2.44. The number of alkyl halides is 2. The van der Waals surface area contributed by atoms with E-state index in [9.17, 15) is 4.39 Å². The molecular formula is C18H27FIN. The van der Waals surface area contributed by atoms with Crippen molar-refractivity contribution in [3.8, 4) is 0 Å². The Morgan fingerprint density at radius 2 is 1.90 bits per heavy atom. The van der Waals surface area contributed by atoms with Crippen molar-refractivity contribution in [1.29, 1.82) is 0 Å². The number of fused-ring (bicyclic) bond motifs is 2. The average molecular weight is 403 g/mol. The molecule has 0 spiro atoms. The summed E-state index contributed by atoms with van der Waals surface area (Å²) in [6.07, 6.45) is 5.59. The molecule has 118 valence electrons. The van der Waals surface area contributed by atoms with Crippen LogP contribution in [0.3, 0.4) is 0 Å². The van der Waals surface area contributed by atoms with Crippen LogP contribution in [0.5, 0.6) is 0 Å². The molecule has 0 amide bonds. The van der Waals surface area contributed by atoms with Crippen LogP contribution in [0, 0.1) is 5.92 Å². The third-order valence-corrected chi connectivity index (χ3v) is 6.00. The van der Waals surface area contributed by atoms with E-state index in [1.165, 1.54) is 36.7 Å². The highest BCUT2D eigenvalue weighted by Crippen LogP contribution is 2.46. The molecule has 1 nitrogen and oxygen atoms in total. The van der Waals surface area contributed by atoms with Gasteiger partial charge in [-0.05, 0) is 49.6 Å². The summed E-state index contributed by atoms with van der Waals surface area (Å²) in [5, 5.41) is 0. The lowest BCUT2D eigenvalue weighted by molar-refractivity contribution is 0.0825. The van der Waals surface area contributed by atoms with Gasteiger partial charge in [0, 0.05) is 16.5 Å². The van der Waals surface area contributed by atoms with Gasteiger partial charge in [-0.2, -0.15) is 0 Å². The Labute approximate surface area is 142 Å². The molecule has 3 heteroatoms. The highest BCUT2D eigenvalue weighted by molar-refractivity contribution is 14.1. The molecule has 2 aliphatic rings. The van der Waals surface area contributed by atoms with Crippen molar-refractivity contribution in [1.82, 2.24) is 4.90 Å². The lowest BCUT2D eigenvalue weighted by Gasteiger charge is -2.43. The van der Waals surface area contributed by atoms with Gasteiger partial charge in [0.25, 0.3) is 0 Å². The fraction of sp³-hybridized carbons (Fsp3) is 0.667. The Bertz CT molecular complexity index is 411. The molecule has 0 aliphatic carbocycles. The zero-order valence-corrected chi connectivity index (χ0v) is 15.3. The Morgan fingerprint density at radius 1 is 1.19 bits per heavy atom. The van der Waals surface area contributed by atoms with Gasteiger partial charge >= 0.3 is 0 Å². The van der Waals surface area contributed by atoms with E-state index in [0.29, 0.717) is 7.18 Å². The molecular weight excluding hydrogens is 376 g/mol. The third kappa shape index (κ3) is 3.79. The smallest absolute Gasteiger partial charge is 0.0785 e. The van der Waals surface area contributed by atoms with Crippen LogP contribution in [0.4, 0.5) is 4.39 Å². The van der Waals surface area contributed by atoms with Crippen LogP contribution in [-0.2, 0) is 0 Å². The van der Waals surface area contributed by atoms with E-state index in [1.807, 2.05) is 0 Å². The minimum Gasteiger partial charge on any atom is -0.297 e. The fourth-order valence-corrected chi connectivity index (χ4v) is 4.63. The second-order valence-corrected chi connectivity index (χ2v) is 7.27. The molecule has 0 radical (unpaired) electrons. The largest absolute Gasteiger partial charge is 0.297 e. The van der Waals surface area contributed by atoms with Crippen molar-refractivity contribution in [3.05, 3.63) is 35.9 Å². The molecule has 4 atom stereocenters. The van der Waals surface area contributed by atoms with Gasteiger partial charge in [0.1, 0.15) is 0 Å². The Kier molecular flexibility index (Phi) is 6.93. The summed E-state index contributed by atoms with van der Waals surface area (Å²) < 4.78 is 10.8. The maximum atomic E-state index is 9.50. The Morgan fingerprint density at radius 3 is 2.57 bits per heavy atom. The van der Waals surface area contributed by atoms with Crippen molar-refractivity contribution in [2.75, 3.05) is 18.1 Å². The first-order valence-electron chi connectivity index (χ1n) is 8.05. The first-order chi connectivity index (χ1) is 10.3. The zero-order valence-electron chi connectivity index (χ0n) is 13.1. The maximum Gasteiger partial charge on any atom is 0.0785 e. The van der Waals surface area contributed by atoms with Gasteiger partial charge in [0.15, 0.2) is 0 Å². The molecule has 3 rings (SSSR count). The topological polar surface area (TPSA) is 3.24 Å². The number of rotatable bonds is 4. The van der Waals surface area contributed by atoms with E-state index in [2.05, 4.69) is 64.7 Å². The first kappa shape index (κ1) is 17.2. The molecule has 2 heterocycles. The lowest BCUT2D eigenvalue weighted by atomic mass is 9.77. The zero-order chi connectivity index (χ0) is 15.2. The molecule has 21 heavy (non-hydrogen) atoms. The quantitative estimate of drug-likeness (QED) is 0.502. The second-order valence-electron chi connectivity index (χ2n) is 6.19. The highest BCUT2D eigenvalue weighted by atomic mass is 127. The van der Waals surface area contributed by atoms with Crippen LogP contribution in [0.1, 0.15) is 44.1 Å². The first-order valence-corrected chi connectivity index (χ1v) is 9.58. The Hall–Kier alpha value is -0.160. The summed E-state index contributed by atoms with van der Waals surface area (Å²) >= 11 is 2.51. The van der Waals surface area contributed by atoms with Gasteiger partial charge in [-0.1, -0.05) is 59.8 Å². The van der Waals surface area contributed by atoms with E-state index in [1.54, 1.807) is 5.56 Å². The van der Waals surface area contributed by atoms with Crippen LogP contribution in [0.2, 0.25) is 0 Å². The van der Waals surface area contributed by atoms with Crippen molar-refractivity contribution in [3.63, 3.8) is 0 Å². The monoisotopic (exact) mass is 403 g/mol. The van der Waals surface area contributed by atoms with E-state index in [-0.39, 0.29) is 0 Å². The predicted molar refractivity (Wildman–Crippen MR) is 97.0 cm³/mol. The van der Waals surface area contributed by atoms with Crippen LogP contribution in [0.25, 0.3) is 0 Å². The summed E-state index contributed by atoms with van der Waals surface area (Å²) in [6.45, 7) is 3.81. The van der Waals surface area contributed by atoms with Crippen molar-refractivity contribution < 1.29 is 4.39 Å². The van der Waals surface area contributed by atoms with Crippen LogP contribution in [-0.4, -0.2) is 35.1 Å². The number of nitrogens with zero attached hydrogens (tertiary/aromatic N) is 1. The predicted octanol–water partition coefficient (Wildman–Crippen LogP) is 5.05. The van der Waals surface area contributed by atoms with Crippen LogP contribution in [0.15, 0.2) is 30.3 Å². The van der Waals surface area contributed by atoms with Crippen molar-refractivity contribution in [2.45, 2.75) is 50.6 Å². The second kappa shape index (κ2) is 8.47. The lowest BCUT2D eigenvalue weighted by Crippen LogP contribution is -2.47. The van der Waals surface area contributed by atoms with E-state index < -0.39 is 0 Å². The molecule has 0 N–H and O–H groups in total. The Balaban J connectivity index is 0.000000774. The molecule has 2 bridgehead atoms. The molecule has 2 fully saturated rings. The fourth-order valence-electron chi connectivity index (χ4n) is 4.29. The molecule has 2 saturated heterocycles. The molecule has 1 aromatic rings. The standard InChI is InChI=1S/C17H24IN.CH3F/c1-13-16(14-6-3-2-4-7-14)12-15-8-9-17(13)19(15)11-5-10-18;1-2/h2-4,6-7,13,15-17H,5,8-12H2,1H3;1H3/t13-,15?,16?,17?;/m1./s1. The summed E-state index contributed by atoms with van der Waals surface area (Å²) in [6, 6.07) is 12.9. The van der Waals surface area contributed by atoms with Gasteiger partial charge in [0.2, 0.25) is 0 Å². The van der Waals surface area contributed by atoms with Gasteiger partial charge in [-0.15, -0.1) is 0 Å². The minimum atomic E-state index is 0.500. The molecule has 0 saturated carbocycles. The summed E-state index contributed by atoms with van der Waals surface area (Å²) in [4.78, 5) is 2.84. The van der Waals surface area contributed by atoms with E-state index in [4.69, 9.17) is 0 Å². The maximum absolute atomic E-state index is 9.50. The average Bonchev–Trinajstić information content (AvgIpc) is 2.87. The normalized spacial score (nSPS) is 31.6. The molecule has 0 aromatic heterocycles. The molecule has 3 unspecified atom stereocenters. The van der Waals surface area contributed by atoms with Gasteiger partial charge in [0.05, 0.1) is 7.18 Å². The number of piperidine rings is 1. The van der Waals surface area contributed by atoms with Gasteiger partial charge in [-0.3, -0.25) is 9.29 Å². The molecule has 2 aliphatic heterocycles. The summed E-state index contributed by atoms with van der Waals surface area (Å²) in [5.41, 5.74) is 1.57. The van der Waals surface area contributed by atoms with Crippen molar-refractivity contribution >= 4 is 22.6 Å². The number of halogens is 2. The number of hydrogen-bond acceptors (Lipinski definition) is 1. The SMILES string of the molecule is CF.C[C@@H]1C(c2ccccc2)CC2CCC1N2CCCI. The van der Waals surface area contributed by atoms with Crippen LogP contribution < -0.4 is 0 Å². The third-order valence-electron chi connectivity index (χ3n) is 5.24. The molecule has 1 aromatic carbocycles. The van der Waals surface area contributed by atoms with E-state index in [0.717, 1.165) is 23.9 Å². The van der Waals surface area contributed by atoms with Gasteiger partial charge < -0.3 is 0 Å². The van der Waals surface area contributed by atoms with Crippen molar-refractivity contribution in [2.24, 2.45) is 5.92 Å².